The van der Waals surface area contributed by atoms with Gasteiger partial charge in [-0.25, -0.2) is 4.98 Å². The first kappa shape index (κ1) is 17.4. The number of amides is 1. The van der Waals surface area contributed by atoms with Gasteiger partial charge in [-0.15, -0.1) is 0 Å². The summed E-state index contributed by atoms with van der Waals surface area (Å²) >= 11 is 0. The van der Waals surface area contributed by atoms with Crippen LogP contribution in [0.25, 0.3) is 0 Å². The molecule has 0 spiro atoms. The van der Waals surface area contributed by atoms with Gasteiger partial charge in [-0.1, -0.05) is 18.2 Å². The molecule has 1 fully saturated rings. The van der Waals surface area contributed by atoms with Gasteiger partial charge in [0.2, 0.25) is 11.8 Å². The van der Waals surface area contributed by atoms with E-state index < -0.39 is 0 Å². The van der Waals surface area contributed by atoms with Crippen molar-refractivity contribution in [3.8, 4) is 11.6 Å². The smallest absolute Gasteiger partial charge is 0.248 e. The molecule has 1 amide bonds. The Labute approximate surface area is 147 Å². The molecule has 0 bridgehead atoms. The number of nitrogens with zero attached hydrogens (tertiary/aromatic N) is 3. The van der Waals surface area contributed by atoms with E-state index in [0.717, 1.165) is 29.3 Å². The predicted molar refractivity (Wildman–Crippen MR) is 93.8 cm³/mol. The lowest BCUT2D eigenvalue weighted by atomic mass is 10.1. The van der Waals surface area contributed by atoms with Crippen LogP contribution in [0.15, 0.2) is 30.3 Å². The quantitative estimate of drug-likeness (QED) is 0.837. The summed E-state index contributed by atoms with van der Waals surface area (Å²) in [4.78, 5) is 22.9. The van der Waals surface area contributed by atoms with E-state index in [9.17, 15) is 4.79 Å². The first-order valence-corrected chi connectivity index (χ1v) is 8.42. The van der Waals surface area contributed by atoms with Gasteiger partial charge in [0.15, 0.2) is 0 Å². The number of benzene rings is 1. The van der Waals surface area contributed by atoms with Crippen LogP contribution in [-0.2, 0) is 9.53 Å². The summed E-state index contributed by atoms with van der Waals surface area (Å²) in [6.45, 7) is 5.37. The normalized spacial score (nSPS) is 16.9. The van der Waals surface area contributed by atoms with Crippen molar-refractivity contribution < 1.29 is 14.3 Å². The maximum absolute atomic E-state index is 12.0. The van der Waals surface area contributed by atoms with Gasteiger partial charge in [0.05, 0.1) is 0 Å². The van der Waals surface area contributed by atoms with Crippen molar-refractivity contribution in [1.29, 1.82) is 0 Å². The molecule has 2 aromatic rings. The second-order valence-electron chi connectivity index (χ2n) is 6.33. The van der Waals surface area contributed by atoms with Gasteiger partial charge in [0.1, 0.15) is 18.2 Å². The number of rotatable bonds is 5. The van der Waals surface area contributed by atoms with Crippen molar-refractivity contribution in [1.82, 2.24) is 14.9 Å². The Bertz CT molecular complexity index is 763. The standard InChI is InChI=1S/C19H23N3O3/c1-13-6-4-5-7-16(13)25-17-10-14(2)20-19(21-17)15-8-9-22(11-15)18(23)12-24-3/h4-7,10,15H,8-9,11-12H2,1-3H3. The van der Waals surface area contributed by atoms with E-state index in [4.69, 9.17) is 9.47 Å². The molecule has 0 N–H and O–H groups in total. The van der Waals surface area contributed by atoms with Crippen molar-refractivity contribution in [3.05, 3.63) is 47.4 Å². The van der Waals surface area contributed by atoms with E-state index in [-0.39, 0.29) is 18.4 Å². The first-order valence-electron chi connectivity index (χ1n) is 8.42. The summed E-state index contributed by atoms with van der Waals surface area (Å²) in [6, 6.07) is 9.67. The number of para-hydroxylation sites is 1. The van der Waals surface area contributed by atoms with Crippen molar-refractivity contribution in [3.63, 3.8) is 0 Å². The zero-order valence-corrected chi connectivity index (χ0v) is 14.9. The van der Waals surface area contributed by atoms with E-state index in [1.54, 1.807) is 0 Å². The molecule has 1 aliphatic rings. The van der Waals surface area contributed by atoms with Crippen LogP contribution in [0, 0.1) is 13.8 Å². The van der Waals surface area contributed by atoms with Gasteiger partial charge < -0.3 is 14.4 Å². The fourth-order valence-electron chi connectivity index (χ4n) is 2.99. The lowest BCUT2D eigenvalue weighted by Crippen LogP contribution is -2.31. The lowest BCUT2D eigenvalue weighted by Gasteiger charge is -2.16. The highest BCUT2D eigenvalue weighted by Gasteiger charge is 2.29. The molecule has 132 valence electrons. The maximum atomic E-state index is 12.0. The minimum absolute atomic E-state index is 0.00837. The average molecular weight is 341 g/mol. The molecule has 1 aromatic carbocycles. The molecule has 0 aliphatic carbocycles. The van der Waals surface area contributed by atoms with Crippen molar-refractivity contribution >= 4 is 5.91 Å². The number of carbonyl (C=O) groups is 1. The fourth-order valence-corrected chi connectivity index (χ4v) is 2.99. The lowest BCUT2D eigenvalue weighted by molar-refractivity contribution is -0.134. The average Bonchev–Trinajstić information content (AvgIpc) is 3.07. The van der Waals surface area contributed by atoms with Crippen LogP contribution in [0.2, 0.25) is 0 Å². The van der Waals surface area contributed by atoms with Crippen LogP contribution in [-0.4, -0.2) is 47.6 Å². The summed E-state index contributed by atoms with van der Waals surface area (Å²) < 4.78 is 10.9. The molecule has 1 unspecified atom stereocenters. The zero-order valence-electron chi connectivity index (χ0n) is 14.9. The SMILES string of the molecule is COCC(=O)N1CCC(c2nc(C)cc(Oc3ccccc3C)n2)C1. The Morgan fingerprint density at radius 3 is 2.84 bits per heavy atom. The monoisotopic (exact) mass is 341 g/mol. The molecule has 25 heavy (non-hydrogen) atoms. The third-order valence-corrected chi connectivity index (χ3v) is 4.33. The Morgan fingerprint density at radius 2 is 2.08 bits per heavy atom. The molecule has 0 radical (unpaired) electrons. The number of hydrogen-bond donors (Lipinski definition) is 0. The molecule has 2 heterocycles. The fraction of sp³-hybridized carbons (Fsp3) is 0.421. The van der Waals surface area contributed by atoms with Crippen LogP contribution < -0.4 is 4.74 Å². The number of ether oxygens (including phenoxy) is 2. The highest BCUT2D eigenvalue weighted by atomic mass is 16.5. The molecule has 1 aliphatic heterocycles. The van der Waals surface area contributed by atoms with Crippen molar-refractivity contribution in [2.24, 2.45) is 0 Å². The predicted octanol–water partition coefficient (Wildman–Crippen LogP) is 2.85. The highest BCUT2D eigenvalue weighted by Crippen LogP contribution is 2.28. The van der Waals surface area contributed by atoms with E-state index in [1.165, 1.54) is 7.11 Å². The van der Waals surface area contributed by atoms with Crippen molar-refractivity contribution in [2.75, 3.05) is 26.8 Å². The van der Waals surface area contributed by atoms with E-state index in [0.29, 0.717) is 19.0 Å². The number of aryl methyl sites for hydroxylation is 2. The molecule has 0 saturated carbocycles. The van der Waals surface area contributed by atoms with Gasteiger partial charge in [0, 0.05) is 37.9 Å². The highest BCUT2D eigenvalue weighted by molar-refractivity contribution is 5.77. The Morgan fingerprint density at radius 1 is 1.28 bits per heavy atom. The van der Waals surface area contributed by atoms with Crippen LogP contribution in [0.1, 0.15) is 29.4 Å². The Kier molecular flexibility index (Phi) is 5.28. The van der Waals surface area contributed by atoms with Crippen molar-refractivity contribution in [2.45, 2.75) is 26.2 Å². The van der Waals surface area contributed by atoms with E-state index >= 15 is 0 Å². The molecule has 6 nitrogen and oxygen atoms in total. The van der Waals surface area contributed by atoms with Crippen LogP contribution in [0.5, 0.6) is 11.6 Å². The number of aromatic nitrogens is 2. The molecule has 1 atom stereocenters. The van der Waals surface area contributed by atoms with Gasteiger partial charge in [-0.3, -0.25) is 4.79 Å². The molecular formula is C19H23N3O3. The van der Waals surface area contributed by atoms with Crippen LogP contribution in [0.4, 0.5) is 0 Å². The molecule has 3 rings (SSSR count). The molecule has 1 saturated heterocycles. The third kappa shape index (κ3) is 4.14. The van der Waals surface area contributed by atoms with Crippen LogP contribution in [0.3, 0.4) is 0 Å². The number of carbonyl (C=O) groups excluding carboxylic acids is 1. The topological polar surface area (TPSA) is 64.5 Å². The maximum Gasteiger partial charge on any atom is 0.248 e. The van der Waals surface area contributed by atoms with Gasteiger partial charge in [-0.05, 0) is 31.9 Å². The molecule has 6 heteroatoms. The van der Waals surface area contributed by atoms with Crippen LogP contribution >= 0.6 is 0 Å². The second kappa shape index (κ2) is 7.61. The third-order valence-electron chi connectivity index (χ3n) is 4.33. The summed E-state index contributed by atoms with van der Waals surface area (Å²) in [5.74, 6) is 2.19. The largest absolute Gasteiger partial charge is 0.439 e. The minimum Gasteiger partial charge on any atom is -0.439 e. The van der Waals surface area contributed by atoms with Gasteiger partial charge in [0.25, 0.3) is 0 Å². The summed E-state index contributed by atoms with van der Waals surface area (Å²) in [7, 11) is 1.53. The second-order valence-corrected chi connectivity index (χ2v) is 6.33. The summed E-state index contributed by atoms with van der Waals surface area (Å²) in [5.41, 5.74) is 1.91. The zero-order chi connectivity index (χ0) is 17.8. The summed E-state index contributed by atoms with van der Waals surface area (Å²) in [6.07, 6.45) is 0.850. The van der Waals surface area contributed by atoms with E-state index in [1.807, 2.05) is 49.1 Å². The Balaban J connectivity index is 1.76. The number of hydrogen-bond acceptors (Lipinski definition) is 5. The first-order chi connectivity index (χ1) is 12.1. The van der Waals surface area contributed by atoms with Gasteiger partial charge in [-0.2, -0.15) is 4.98 Å². The number of methoxy groups -OCH3 is 1. The summed E-state index contributed by atoms with van der Waals surface area (Å²) in [5, 5.41) is 0. The number of likely N-dealkylation sites (tertiary alicyclic amines) is 1. The Hall–Kier alpha value is -2.47. The van der Waals surface area contributed by atoms with E-state index in [2.05, 4.69) is 9.97 Å². The minimum atomic E-state index is 0.00837. The molecular weight excluding hydrogens is 318 g/mol. The molecule has 1 aromatic heterocycles. The van der Waals surface area contributed by atoms with Gasteiger partial charge >= 0.3 is 0 Å².